The van der Waals surface area contributed by atoms with Gasteiger partial charge in [0.1, 0.15) is 11.6 Å². The summed E-state index contributed by atoms with van der Waals surface area (Å²) in [4.78, 5) is 11.8. The summed E-state index contributed by atoms with van der Waals surface area (Å²) in [6.07, 6.45) is 1.92. The van der Waals surface area contributed by atoms with Crippen molar-refractivity contribution < 1.29 is 13.6 Å². The van der Waals surface area contributed by atoms with Crippen LogP contribution in [0.4, 0.5) is 8.78 Å². The molecule has 1 rings (SSSR count). The van der Waals surface area contributed by atoms with Crippen LogP contribution in [-0.4, -0.2) is 12.5 Å². The van der Waals surface area contributed by atoms with Crippen molar-refractivity contribution in [2.75, 3.05) is 6.54 Å². The highest BCUT2D eigenvalue weighted by Gasteiger charge is 2.15. The van der Waals surface area contributed by atoms with Gasteiger partial charge in [0.05, 0.1) is 5.56 Å². The van der Waals surface area contributed by atoms with Crippen molar-refractivity contribution in [1.82, 2.24) is 5.32 Å². The molecule has 0 spiro atoms. The SMILES string of the molecule is CCC(CC)CNC(=O)c1cc(C)c(F)cc1F. The van der Waals surface area contributed by atoms with Crippen molar-refractivity contribution in [3.8, 4) is 0 Å². The summed E-state index contributed by atoms with van der Waals surface area (Å²) in [6.45, 7) is 6.11. The summed E-state index contributed by atoms with van der Waals surface area (Å²) in [7, 11) is 0. The Hall–Kier alpha value is -1.45. The van der Waals surface area contributed by atoms with Crippen LogP contribution in [0.1, 0.15) is 42.6 Å². The minimum Gasteiger partial charge on any atom is -0.352 e. The molecule has 0 aromatic heterocycles. The van der Waals surface area contributed by atoms with Crippen molar-refractivity contribution >= 4 is 5.91 Å². The van der Waals surface area contributed by atoms with E-state index in [-0.39, 0.29) is 11.1 Å². The van der Waals surface area contributed by atoms with Gasteiger partial charge in [-0.05, 0) is 24.5 Å². The molecule has 18 heavy (non-hydrogen) atoms. The first-order valence-electron chi connectivity index (χ1n) is 6.23. The Morgan fingerprint density at radius 2 is 1.83 bits per heavy atom. The molecule has 0 atom stereocenters. The normalized spacial score (nSPS) is 10.8. The number of hydrogen-bond donors (Lipinski definition) is 1. The van der Waals surface area contributed by atoms with E-state index in [4.69, 9.17) is 0 Å². The fourth-order valence-corrected chi connectivity index (χ4v) is 1.74. The van der Waals surface area contributed by atoms with Crippen LogP contribution in [0.15, 0.2) is 12.1 Å². The van der Waals surface area contributed by atoms with Gasteiger partial charge in [-0.3, -0.25) is 4.79 Å². The Balaban J connectivity index is 2.76. The number of halogens is 2. The van der Waals surface area contributed by atoms with Crippen molar-refractivity contribution in [1.29, 1.82) is 0 Å². The van der Waals surface area contributed by atoms with E-state index in [9.17, 15) is 13.6 Å². The molecular formula is C14H19F2NO. The van der Waals surface area contributed by atoms with Gasteiger partial charge in [0.2, 0.25) is 0 Å². The number of benzene rings is 1. The third kappa shape index (κ3) is 3.52. The molecule has 0 aliphatic carbocycles. The highest BCUT2D eigenvalue weighted by atomic mass is 19.1. The van der Waals surface area contributed by atoms with E-state index >= 15 is 0 Å². The van der Waals surface area contributed by atoms with E-state index < -0.39 is 17.5 Å². The van der Waals surface area contributed by atoms with Gasteiger partial charge in [-0.1, -0.05) is 26.7 Å². The second kappa shape index (κ2) is 6.47. The fraction of sp³-hybridized carbons (Fsp3) is 0.500. The molecule has 0 bridgehead atoms. The van der Waals surface area contributed by atoms with E-state index in [1.165, 1.54) is 13.0 Å². The summed E-state index contributed by atoms with van der Waals surface area (Å²) in [5.41, 5.74) is 0.170. The highest BCUT2D eigenvalue weighted by molar-refractivity contribution is 5.94. The third-order valence-electron chi connectivity index (χ3n) is 3.20. The maximum atomic E-state index is 13.5. The van der Waals surface area contributed by atoms with E-state index in [1.807, 2.05) is 13.8 Å². The van der Waals surface area contributed by atoms with Crippen LogP contribution in [0.25, 0.3) is 0 Å². The average Bonchev–Trinajstić information content (AvgIpc) is 2.34. The summed E-state index contributed by atoms with van der Waals surface area (Å²) in [5.74, 6) is -1.55. The maximum absolute atomic E-state index is 13.5. The minimum atomic E-state index is -0.819. The molecule has 0 heterocycles. The molecule has 4 heteroatoms. The molecule has 0 aliphatic heterocycles. The van der Waals surface area contributed by atoms with E-state index in [1.54, 1.807) is 0 Å². The fourth-order valence-electron chi connectivity index (χ4n) is 1.74. The lowest BCUT2D eigenvalue weighted by molar-refractivity contribution is 0.0942. The molecular weight excluding hydrogens is 236 g/mol. The lowest BCUT2D eigenvalue weighted by Crippen LogP contribution is -2.29. The molecule has 0 unspecified atom stereocenters. The number of hydrogen-bond acceptors (Lipinski definition) is 1. The predicted octanol–water partition coefficient (Wildman–Crippen LogP) is 3.44. The summed E-state index contributed by atoms with van der Waals surface area (Å²) in [5, 5.41) is 2.69. The molecule has 0 fully saturated rings. The molecule has 1 aromatic carbocycles. The first-order chi connectivity index (χ1) is 8.49. The van der Waals surface area contributed by atoms with Crippen LogP contribution in [0, 0.1) is 24.5 Å². The molecule has 0 saturated carbocycles. The zero-order valence-electron chi connectivity index (χ0n) is 11.0. The molecule has 0 aliphatic rings. The molecule has 0 saturated heterocycles. The topological polar surface area (TPSA) is 29.1 Å². The smallest absolute Gasteiger partial charge is 0.254 e. The number of aryl methyl sites for hydroxylation is 1. The Morgan fingerprint density at radius 3 is 2.39 bits per heavy atom. The van der Waals surface area contributed by atoms with E-state index in [2.05, 4.69) is 5.32 Å². The number of amides is 1. The lowest BCUT2D eigenvalue weighted by atomic mass is 10.0. The monoisotopic (exact) mass is 255 g/mol. The number of rotatable bonds is 5. The summed E-state index contributed by atoms with van der Waals surface area (Å²) < 4.78 is 26.5. The number of nitrogens with one attached hydrogen (secondary N) is 1. The van der Waals surface area contributed by atoms with Gasteiger partial charge in [-0.25, -0.2) is 8.78 Å². The lowest BCUT2D eigenvalue weighted by Gasteiger charge is -2.13. The van der Waals surface area contributed by atoms with Gasteiger partial charge in [0.15, 0.2) is 0 Å². The highest BCUT2D eigenvalue weighted by Crippen LogP contribution is 2.14. The van der Waals surface area contributed by atoms with Crippen LogP contribution in [-0.2, 0) is 0 Å². The molecule has 0 radical (unpaired) electrons. The van der Waals surface area contributed by atoms with Crippen LogP contribution < -0.4 is 5.32 Å². The second-order valence-corrected chi connectivity index (χ2v) is 4.47. The molecule has 1 amide bonds. The van der Waals surface area contributed by atoms with Crippen LogP contribution in [0.5, 0.6) is 0 Å². The number of carbonyl (C=O) groups excluding carboxylic acids is 1. The van der Waals surface area contributed by atoms with Gasteiger partial charge in [0.25, 0.3) is 5.91 Å². The van der Waals surface area contributed by atoms with Crippen molar-refractivity contribution in [3.63, 3.8) is 0 Å². The quantitative estimate of drug-likeness (QED) is 0.858. The molecule has 2 nitrogen and oxygen atoms in total. The van der Waals surface area contributed by atoms with Crippen molar-refractivity contribution in [2.24, 2.45) is 5.92 Å². The minimum absolute atomic E-state index is 0.0974. The van der Waals surface area contributed by atoms with Gasteiger partial charge >= 0.3 is 0 Å². The summed E-state index contributed by atoms with van der Waals surface area (Å²) in [6, 6.07) is 1.99. The maximum Gasteiger partial charge on any atom is 0.254 e. The third-order valence-corrected chi connectivity index (χ3v) is 3.20. The van der Waals surface area contributed by atoms with Crippen LogP contribution in [0.3, 0.4) is 0 Å². The largest absolute Gasteiger partial charge is 0.352 e. The first-order valence-corrected chi connectivity index (χ1v) is 6.23. The Bertz CT molecular complexity index is 428. The molecule has 1 aromatic rings. The zero-order valence-corrected chi connectivity index (χ0v) is 11.0. The van der Waals surface area contributed by atoms with Gasteiger partial charge < -0.3 is 5.32 Å². The Morgan fingerprint density at radius 1 is 1.22 bits per heavy atom. The van der Waals surface area contributed by atoms with Crippen LogP contribution in [0.2, 0.25) is 0 Å². The first kappa shape index (κ1) is 14.6. The Labute approximate surface area is 106 Å². The molecule has 100 valence electrons. The van der Waals surface area contributed by atoms with Crippen molar-refractivity contribution in [2.45, 2.75) is 33.6 Å². The second-order valence-electron chi connectivity index (χ2n) is 4.47. The molecule has 1 N–H and O–H groups in total. The zero-order chi connectivity index (χ0) is 13.7. The van der Waals surface area contributed by atoms with Crippen molar-refractivity contribution in [3.05, 3.63) is 34.9 Å². The number of carbonyl (C=O) groups is 1. The average molecular weight is 255 g/mol. The van der Waals surface area contributed by atoms with Gasteiger partial charge in [-0.2, -0.15) is 0 Å². The van der Waals surface area contributed by atoms with E-state index in [0.717, 1.165) is 18.9 Å². The summed E-state index contributed by atoms with van der Waals surface area (Å²) >= 11 is 0. The Kier molecular flexibility index (Phi) is 5.25. The van der Waals surface area contributed by atoms with Crippen LogP contribution >= 0.6 is 0 Å². The standard InChI is InChI=1S/C14H19F2NO/c1-4-10(5-2)8-17-14(18)11-6-9(3)12(15)7-13(11)16/h6-7,10H,4-5,8H2,1-3H3,(H,17,18). The van der Waals surface area contributed by atoms with Gasteiger partial charge in [0, 0.05) is 12.6 Å². The van der Waals surface area contributed by atoms with E-state index in [0.29, 0.717) is 12.5 Å². The van der Waals surface area contributed by atoms with Gasteiger partial charge in [-0.15, -0.1) is 0 Å². The predicted molar refractivity (Wildman–Crippen MR) is 67.5 cm³/mol.